The number of pyridine rings is 1. The number of anilines is 1. The second-order valence-corrected chi connectivity index (χ2v) is 7.67. The Kier molecular flexibility index (Phi) is 5.32. The molecule has 0 saturated carbocycles. The molecule has 148 valence electrons. The first-order chi connectivity index (χ1) is 14.0. The number of nitrogens with zero attached hydrogens (tertiary/aromatic N) is 3. The fourth-order valence-corrected chi connectivity index (χ4v) is 3.86. The smallest absolute Gasteiger partial charge is 0.263 e. The zero-order chi connectivity index (χ0) is 20.4. The molecule has 0 spiro atoms. The van der Waals surface area contributed by atoms with Crippen LogP contribution in [0.4, 0.5) is 5.69 Å². The second-order valence-electron chi connectivity index (χ2n) is 7.67. The van der Waals surface area contributed by atoms with Gasteiger partial charge in [-0.3, -0.25) is 9.59 Å². The number of amides is 1. The summed E-state index contributed by atoms with van der Waals surface area (Å²) in [6.07, 6.45) is 1.74. The van der Waals surface area contributed by atoms with Crippen molar-refractivity contribution < 1.29 is 4.79 Å². The van der Waals surface area contributed by atoms with Gasteiger partial charge in [0.25, 0.3) is 11.5 Å². The number of carbonyl (C=O) groups excluding carboxylic acids is 1. The highest BCUT2D eigenvalue weighted by atomic mass is 16.2. The normalized spacial score (nSPS) is 14.3. The van der Waals surface area contributed by atoms with E-state index < -0.39 is 0 Å². The van der Waals surface area contributed by atoms with Gasteiger partial charge in [0, 0.05) is 31.5 Å². The topological polar surface area (TPSA) is 45.6 Å². The first kappa shape index (κ1) is 19.2. The van der Waals surface area contributed by atoms with E-state index in [2.05, 4.69) is 11.0 Å². The number of hydrogen-bond donors (Lipinski definition) is 0. The van der Waals surface area contributed by atoms with Gasteiger partial charge in [-0.25, -0.2) is 0 Å². The average Bonchev–Trinajstić information content (AvgIpc) is 2.87. The molecule has 1 aliphatic rings. The molecule has 0 fully saturated rings. The molecule has 0 bridgehead atoms. The maximum absolute atomic E-state index is 13.4. The minimum Gasteiger partial charge on any atom is -0.310 e. The van der Waals surface area contributed by atoms with Crippen molar-refractivity contribution in [3.63, 3.8) is 0 Å². The lowest BCUT2D eigenvalue weighted by Crippen LogP contribution is -2.39. The third-order valence-corrected chi connectivity index (χ3v) is 5.36. The molecule has 29 heavy (non-hydrogen) atoms. The van der Waals surface area contributed by atoms with Crippen molar-refractivity contribution in [2.45, 2.75) is 20.0 Å². The number of aromatic nitrogens is 1. The van der Waals surface area contributed by atoms with Crippen LogP contribution in [0.15, 0.2) is 71.7 Å². The molecule has 0 atom stereocenters. The van der Waals surface area contributed by atoms with Gasteiger partial charge >= 0.3 is 0 Å². The largest absolute Gasteiger partial charge is 0.310 e. The molecule has 2 aromatic carbocycles. The lowest BCUT2D eigenvalue weighted by Gasteiger charge is -2.22. The van der Waals surface area contributed by atoms with Gasteiger partial charge in [0.15, 0.2) is 0 Å². The van der Waals surface area contributed by atoms with Crippen molar-refractivity contribution in [1.82, 2.24) is 9.47 Å². The fraction of sp³-hybridized carbons (Fsp3) is 0.250. The van der Waals surface area contributed by atoms with E-state index in [1.165, 1.54) is 0 Å². The van der Waals surface area contributed by atoms with Crippen molar-refractivity contribution >= 4 is 11.6 Å². The number of likely N-dealkylation sites (N-methyl/N-ethyl adjacent to an activating group) is 1. The summed E-state index contributed by atoms with van der Waals surface area (Å²) in [6, 6.07) is 19.4. The number of benzene rings is 2. The first-order valence-corrected chi connectivity index (χ1v) is 9.86. The Morgan fingerprint density at radius 2 is 1.83 bits per heavy atom. The van der Waals surface area contributed by atoms with Crippen LogP contribution in [-0.2, 0) is 13.1 Å². The highest BCUT2D eigenvalue weighted by Gasteiger charge is 2.25. The van der Waals surface area contributed by atoms with E-state index in [0.29, 0.717) is 13.1 Å². The maximum Gasteiger partial charge on any atom is 0.263 e. The Balaban J connectivity index is 1.68. The van der Waals surface area contributed by atoms with Crippen LogP contribution in [0.2, 0.25) is 0 Å². The quantitative estimate of drug-likeness (QED) is 0.693. The molecule has 5 heteroatoms. The second kappa shape index (κ2) is 8.05. The van der Waals surface area contributed by atoms with E-state index >= 15 is 0 Å². The summed E-state index contributed by atoms with van der Waals surface area (Å²) in [5.41, 5.74) is 4.12. The average molecular weight is 387 g/mol. The van der Waals surface area contributed by atoms with Gasteiger partial charge in [0.1, 0.15) is 5.56 Å². The fourth-order valence-electron chi connectivity index (χ4n) is 3.86. The van der Waals surface area contributed by atoms with Crippen LogP contribution < -0.4 is 10.5 Å². The van der Waals surface area contributed by atoms with Crippen LogP contribution >= 0.6 is 0 Å². The summed E-state index contributed by atoms with van der Waals surface area (Å²) in [7, 11) is 2.04. The predicted octanol–water partition coefficient (Wildman–Crippen LogP) is 3.30. The molecule has 1 aromatic heterocycles. The number of carbonyl (C=O) groups is 1. The molecule has 0 aliphatic carbocycles. The Bertz CT molecular complexity index is 1100. The third-order valence-electron chi connectivity index (χ3n) is 5.36. The van der Waals surface area contributed by atoms with E-state index in [4.69, 9.17) is 0 Å². The molecular formula is C24H25N3O2. The van der Waals surface area contributed by atoms with Crippen molar-refractivity contribution in [2.75, 3.05) is 25.0 Å². The third kappa shape index (κ3) is 4.00. The molecule has 1 amide bonds. The standard InChI is InChI=1S/C24H25N3O2/c1-18-7-5-8-19(15-18)16-26-12-6-10-21(23(26)28)24(29)27-14-13-25(2)17-20-9-3-4-11-22(20)27/h3-12,15H,13-14,16-17H2,1-2H3. The summed E-state index contributed by atoms with van der Waals surface area (Å²) in [5.74, 6) is -0.239. The lowest BCUT2D eigenvalue weighted by atomic mass is 10.1. The summed E-state index contributed by atoms with van der Waals surface area (Å²) >= 11 is 0. The Morgan fingerprint density at radius 3 is 2.66 bits per heavy atom. The summed E-state index contributed by atoms with van der Waals surface area (Å²) in [5, 5.41) is 0. The van der Waals surface area contributed by atoms with Gasteiger partial charge in [0.05, 0.1) is 6.54 Å². The van der Waals surface area contributed by atoms with Crippen LogP contribution in [0.5, 0.6) is 0 Å². The number of hydrogen-bond acceptors (Lipinski definition) is 3. The Labute approximate surface area is 170 Å². The van der Waals surface area contributed by atoms with E-state index in [0.717, 1.165) is 35.5 Å². The summed E-state index contributed by atoms with van der Waals surface area (Å²) in [4.78, 5) is 30.4. The lowest BCUT2D eigenvalue weighted by molar-refractivity contribution is 0.0984. The summed E-state index contributed by atoms with van der Waals surface area (Å²) < 4.78 is 1.61. The Hall–Kier alpha value is -3.18. The molecule has 0 N–H and O–H groups in total. The van der Waals surface area contributed by atoms with Crippen molar-refractivity contribution in [3.8, 4) is 0 Å². The van der Waals surface area contributed by atoms with Gasteiger partial charge in [-0.05, 0) is 43.3 Å². The van der Waals surface area contributed by atoms with E-state index in [9.17, 15) is 9.59 Å². The van der Waals surface area contributed by atoms with Crippen LogP contribution in [-0.4, -0.2) is 35.5 Å². The molecule has 0 saturated heterocycles. The highest BCUT2D eigenvalue weighted by Crippen LogP contribution is 2.25. The van der Waals surface area contributed by atoms with Gasteiger partial charge < -0.3 is 14.4 Å². The van der Waals surface area contributed by atoms with Gasteiger partial charge in [-0.1, -0.05) is 48.0 Å². The zero-order valence-corrected chi connectivity index (χ0v) is 16.8. The van der Waals surface area contributed by atoms with Gasteiger partial charge in [-0.15, -0.1) is 0 Å². The maximum atomic E-state index is 13.4. The van der Waals surface area contributed by atoms with E-state index in [-0.39, 0.29) is 17.0 Å². The van der Waals surface area contributed by atoms with Crippen LogP contribution in [0.25, 0.3) is 0 Å². The highest BCUT2D eigenvalue weighted by molar-refractivity contribution is 6.06. The Morgan fingerprint density at radius 1 is 1.00 bits per heavy atom. The van der Waals surface area contributed by atoms with E-state index in [1.807, 2.05) is 56.4 Å². The van der Waals surface area contributed by atoms with Crippen molar-refractivity contribution in [1.29, 1.82) is 0 Å². The minimum absolute atomic E-state index is 0.208. The first-order valence-electron chi connectivity index (χ1n) is 9.86. The molecule has 2 heterocycles. The zero-order valence-electron chi connectivity index (χ0n) is 16.8. The van der Waals surface area contributed by atoms with Crippen LogP contribution in [0.3, 0.4) is 0 Å². The molecule has 5 nitrogen and oxygen atoms in total. The number of aryl methyl sites for hydroxylation is 1. The SMILES string of the molecule is Cc1cccc(Cn2cccc(C(=O)N3CCN(C)Cc4ccccc43)c2=O)c1. The molecule has 4 rings (SSSR count). The van der Waals surface area contributed by atoms with E-state index in [1.54, 1.807) is 27.8 Å². The van der Waals surface area contributed by atoms with Crippen molar-refractivity contribution in [3.05, 3.63) is 99.5 Å². The summed E-state index contributed by atoms with van der Waals surface area (Å²) in [6.45, 7) is 4.57. The molecular weight excluding hydrogens is 362 g/mol. The molecule has 3 aromatic rings. The van der Waals surface area contributed by atoms with Crippen molar-refractivity contribution in [2.24, 2.45) is 0 Å². The van der Waals surface area contributed by atoms with Gasteiger partial charge in [0.2, 0.25) is 0 Å². The molecule has 0 radical (unpaired) electrons. The number of fused-ring (bicyclic) bond motifs is 1. The molecule has 0 unspecified atom stereocenters. The van der Waals surface area contributed by atoms with Gasteiger partial charge in [-0.2, -0.15) is 0 Å². The van der Waals surface area contributed by atoms with Crippen LogP contribution in [0, 0.1) is 6.92 Å². The molecule has 1 aliphatic heterocycles. The van der Waals surface area contributed by atoms with Crippen LogP contribution in [0.1, 0.15) is 27.0 Å². The monoisotopic (exact) mass is 387 g/mol. The predicted molar refractivity (Wildman–Crippen MR) is 115 cm³/mol. The number of para-hydroxylation sites is 1. The number of rotatable bonds is 3. The minimum atomic E-state index is -0.255.